The molecule has 1 saturated carbocycles. The van der Waals surface area contributed by atoms with Crippen LogP contribution >= 0.6 is 11.3 Å². The fraction of sp³-hybridized carbons (Fsp3) is 0.786. The Bertz CT molecular complexity index is 364. The van der Waals surface area contributed by atoms with E-state index < -0.39 is 0 Å². The minimum atomic E-state index is 0.369. The first-order chi connectivity index (χ1) is 8.69. The van der Waals surface area contributed by atoms with Gasteiger partial charge in [-0.3, -0.25) is 0 Å². The first kappa shape index (κ1) is 14.0. The van der Waals surface area contributed by atoms with Crippen molar-refractivity contribution in [1.29, 1.82) is 0 Å². The van der Waals surface area contributed by atoms with Gasteiger partial charge < -0.3 is 11.1 Å². The van der Waals surface area contributed by atoms with Crippen molar-refractivity contribution in [2.24, 2.45) is 11.7 Å². The first-order valence-electron chi connectivity index (χ1n) is 7.12. The minimum Gasteiger partial charge on any atom is -0.328 e. The van der Waals surface area contributed by atoms with Crippen LogP contribution in [0.3, 0.4) is 0 Å². The SMILES string of the molecule is CCc1cnc(C(C)NCC2CCCC(N)C2)s1. The van der Waals surface area contributed by atoms with Gasteiger partial charge in [-0.25, -0.2) is 4.98 Å². The summed E-state index contributed by atoms with van der Waals surface area (Å²) in [5.41, 5.74) is 6.03. The fourth-order valence-corrected chi connectivity index (χ4v) is 3.52. The van der Waals surface area contributed by atoms with E-state index in [-0.39, 0.29) is 0 Å². The van der Waals surface area contributed by atoms with E-state index in [0.29, 0.717) is 12.1 Å². The molecule has 1 aromatic heterocycles. The molecule has 1 heterocycles. The van der Waals surface area contributed by atoms with E-state index in [1.54, 1.807) is 0 Å². The molecule has 1 fully saturated rings. The Balaban J connectivity index is 1.78. The van der Waals surface area contributed by atoms with Gasteiger partial charge in [0.15, 0.2) is 0 Å². The summed E-state index contributed by atoms with van der Waals surface area (Å²) >= 11 is 1.83. The number of thiazole rings is 1. The number of nitrogens with zero attached hydrogens (tertiary/aromatic N) is 1. The number of hydrogen-bond acceptors (Lipinski definition) is 4. The number of nitrogens with one attached hydrogen (secondary N) is 1. The predicted molar refractivity (Wildman–Crippen MR) is 77.8 cm³/mol. The van der Waals surface area contributed by atoms with E-state index in [2.05, 4.69) is 24.1 Å². The molecule has 0 radical (unpaired) electrons. The van der Waals surface area contributed by atoms with E-state index in [9.17, 15) is 0 Å². The first-order valence-corrected chi connectivity index (χ1v) is 7.94. The summed E-state index contributed by atoms with van der Waals surface area (Å²) in [6.07, 6.45) is 8.09. The van der Waals surface area contributed by atoms with Crippen molar-refractivity contribution in [3.8, 4) is 0 Å². The Hall–Kier alpha value is -0.450. The molecule has 3 unspecified atom stereocenters. The standard InChI is InChI=1S/C14H25N3S/c1-3-13-9-17-14(18-13)10(2)16-8-11-5-4-6-12(15)7-11/h9-12,16H,3-8,15H2,1-2H3. The zero-order valence-corrected chi connectivity index (χ0v) is 12.3. The molecule has 3 N–H and O–H groups in total. The fourth-order valence-electron chi connectivity index (χ4n) is 2.64. The van der Waals surface area contributed by atoms with Crippen molar-refractivity contribution in [3.05, 3.63) is 16.1 Å². The topological polar surface area (TPSA) is 50.9 Å². The molecular formula is C14H25N3S. The van der Waals surface area contributed by atoms with Gasteiger partial charge >= 0.3 is 0 Å². The maximum absolute atomic E-state index is 6.03. The van der Waals surface area contributed by atoms with Crippen molar-refractivity contribution in [3.63, 3.8) is 0 Å². The van der Waals surface area contributed by atoms with Gasteiger partial charge in [0.2, 0.25) is 0 Å². The van der Waals surface area contributed by atoms with Crippen molar-refractivity contribution < 1.29 is 0 Å². The second kappa shape index (κ2) is 6.64. The molecule has 3 atom stereocenters. The highest BCUT2D eigenvalue weighted by molar-refractivity contribution is 7.11. The van der Waals surface area contributed by atoms with Crippen LogP contribution < -0.4 is 11.1 Å². The Kier molecular flexibility index (Phi) is 5.15. The number of aromatic nitrogens is 1. The van der Waals surface area contributed by atoms with E-state index in [0.717, 1.165) is 18.9 Å². The molecule has 0 bridgehead atoms. The van der Waals surface area contributed by atoms with E-state index in [1.165, 1.54) is 35.6 Å². The molecule has 4 heteroatoms. The van der Waals surface area contributed by atoms with Crippen LogP contribution in [0.15, 0.2) is 6.20 Å². The smallest absolute Gasteiger partial charge is 0.109 e. The maximum Gasteiger partial charge on any atom is 0.109 e. The quantitative estimate of drug-likeness (QED) is 0.862. The highest BCUT2D eigenvalue weighted by Crippen LogP contribution is 2.24. The van der Waals surface area contributed by atoms with Crippen LogP contribution in [-0.2, 0) is 6.42 Å². The highest BCUT2D eigenvalue weighted by atomic mass is 32.1. The van der Waals surface area contributed by atoms with Crippen LogP contribution in [0.5, 0.6) is 0 Å². The summed E-state index contributed by atoms with van der Waals surface area (Å²) in [5.74, 6) is 0.752. The predicted octanol–water partition coefficient (Wildman–Crippen LogP) is 2.87. The summed E-state index contributed by atoms with van der Waals surface area (Å²) in [6, 6.07) is 0.792. The van der Waals surface area contributed by atoms with Crippen LogP contribution in [0.1, 0.15) is 55.5 Å². The molecule has 18 heavy (non-hydrogen) atoms. The van der Waals surface area contributed by atoms with Crippen LogP contribution in [0.25, 0.3) is 0 Å². The van der Waals surface area contributed by atoms with Gasteiger partial charge in [-0.1, -0.05) is 13.3 Å². The average molecular weight is 267 g/mol. The summed E-state index contributed by atoms with van der Waals surface area (Å²) in [7, 11) is 0. The van der Waals surface area contributed by atoms with Gasteiger partial charge in [0.05, 0.1) is 6.04 Å². The molecular weight excluding hydrogens is 242 g/mol. The largest absolute Gasteiger partial charge is 0.328 e. The van der Waals surface area contributed by atoms with Gasteiger partial charge in [0.25, 0.3) is 0 Å². The van der Waals surface area contributed by atoms with Gasteiger partial charge in [-0.15, -0.1) is 11.3 Å². The van der Waals surface area contributed by atoms with Gasteiger partial charge in [-0.2, -0.15) is 0 Å². The summed E-state index contributed by atoms with van der Waals surface area (Å²) < 4.78 is 0. The normalized spacial score (nSPS) is 26.2. The number of hydrogen-bond donors (Lipinski definition) is 2. The number of nitrogens with two attached hydrogens (primary N) is 1. The van der Waals surface area contributed by atoms with Crippen molar-refractivity contribution in [2.75, 3.05) is 6.54 Å². The Labute approximate surface area is 114 Å². The number of aryl methyl sites for hydroxylation is 1. The zero-order chi connectivity index (χ0) is 13.0. The van der Waals surface area contributed by atoms with Crippen LogP contribution in [0.2, 0.25) is 0 Å². The summed E-state index contributed by atoms with van der Waals surface area (Å²) in [5, 5.41) is 4.83. The number of rotatable bonds is 5. The molecule has 1 aliphatic carbocycles. The van der Waals surface area contributed by atoms with E-state index >= 15 is 0 Å². The third-order valence-electron chi connectivity index (χ3n) is 3.83. The minimum absolute atomic E-state index is 0.369. The summed E-state index contributed by atoms with van der Waals surface area (Å²) in [4.78, 5) is 5.87. The lowest BCUT2D eigenvalue weighted by atomic mass is 9.86. The second-order valence-corrected chi connectivity index (χ2v) is 6.59. The highest BCUT2D eigenvalue weighted by Gasteiger charge is 2.20. The molecule has 0 amide bonds. The molecule has 2 rings (SSSR count). The lowest BCUT2D eigenvalue weighted by Crippen LogP contribution is -2.34. The lowest BCUT2D eigenvalue weighted by Gasteiger charge is -2.27. The van der Waals surface area contributed by atoms with Crippen LogP contribution in [0, 0.1) is 5.92 Å². The van der Waals surface area contributed by atoms with Crippen LogP contribution in [0.4, 0.5) is 0 Å². The van der Waals surface area contributed by atoms with Gasteiger partial charge in [0, 0.05) is 17.1 Å². The van der Waals surface area contributed by atoms with Crippen molar-refractivity contribution >= 4 is 11.3 Å². The van der Waals surface area contributed by atoms with Crippen molar-refractivity contribution in [1.82, 2.24) is 10.3 Å². The Morgan fingerprint density at radius 2 is 2.39 bits per heavy atom. The lowest BCUT2D eigenvalue weighted by molar-refractivity contribution is 0.302. The molecule has 102 valence electrons. The van der Waals surface area contributed by atoms with E-state index in [1.807, 2.05) is 17.5 Å². The van der Waals surface area contributed by atoms with Crippen LogP contribution in [-0.4, -0.2) is 17.6 Å². The molecule has 3 nitrogen and oxygen atoms in total. The Morgan fingerprint density at radius 3 is 3.06 bits per heavy atom. The van der Waals surface area contributed by atoms with Gasteiger partial charge in [-0.05, 0) is 45.1 Å². The molecule has 0 saturated heterocycles. The molecule has 1 aromatic rings. The third-order valence-corrected chi connectivity index (χ3v) is 5.15. The molecule has 0 aliphatic heterocycles. The van der Waals surface area contributed by atoms with E-state index in [4.69, 9.17) is 5.73 Å². The third kappa shape index (κ3) is 3.77. The monoisotopic (exact) mass is 267 g/mol. The molecule has 0 spiro atoms. The molecule has 0 aromatic carbocycles. The van der Waals surface area contributed by atoms with Gasteiger partial charge in [0.1, 0.15) is 5.01 Å². The Morgan fingerprint density at radius 1 is 1.56 bits per heavy atom. The second-order valence-electron chi connectivity index (χ2n) is 5.44. The zero-order valence-electron chi connectivity index (χ0n) is 11.5. The molecule has 1 aliphatic rings. The van der Waals surface area contributed by atoms with Crippen molar-refractivity contribution in [2.45, 2.75) is 58.0 Å². The average Bonchev–Trinajstić information content (AvgIpc) is 2.85. The maximum atomic E-state index is 6.03. The summed E-state index contributed by atoms with van der Waals surface area (Å²) in [6.45, 7) is 5.47.